The van der Waals surface area contributed by atoms with Gasteiger partial charge in [-0.3, -0.25) is 0 Å². The van der Waals surface area contributed by atoms with Gasteiger partial charge in [-0.2, -0.15) is 0 Å². The van der Waals surface area contributed by atoms with Crippen molar-refractivity contribution in [3.63, 3.8) is 0 Å². The lowest BCUT2D eigenvalue weighted by Gasteiger charge is -2.30. The molecule has 1 N–H and O–H groups in total. The summed E-state index contributed by atoms with van der Waals surface area (Å²) in [5.41, 5.74) is 0. The van der Waals surface area contributed by atoms with Gasteiger partial charge in [-0.25, -0.2) is 0 Å². The first-order valence-electron chi connectivity index (χ1n) is 6.67. The molecule has 1 fully saturated rings. The van der Waals surface area contributed by atoms with Crippen LogP contribution in [0.15, 0.2) is 35.2 Å². The topological polar surface area (TPSA) is 20.2 Å². The third kappa shape index (κ3) is 3.75. The molecule has 0 bridgehead atoms. The van der Waals surface area contributed by atoms with Crippen molar-refractivity contribution in [2.45, 2.75) is 55.3 Å². The van der Waals surface area contributed by atoms with Crippen LogP contribution >= 0.6 is 11.8 Å². The minimum Gasteiger partial charge on any atom is -0.392 e. The number of aliphatic hydroxyl groups excluding tert-OH is 1. The molecule has 2 atom stereocenters. The molecule has 0 heterocycles. The minimum atomic E-state index is -0.152. The van der Waals surface area contributed by atoms with Crippen LogP contribution < -0.4 is 0 Å². The highest BCUT2D eigenvalue weighted by molar-refractivity contribution is 8.00. The van der Waals surface area contributed by atoms with E-state index in [1.54, 1.807) is 11.8 Å². The summed E-state index contributed by atoms with van der Waals surface area (Å²) in [5.74, 6) is 0.523. The Labute approximate surface area is 109 Å². The highest BCUT2D eigenvalue weighted by atomic mass is 32.2. The van der Waals surface area contributed by atoms with Gasteiger partial charge in [0, 0.05) is 10.1 Å². The normalized spacial score (nSPS) is 21.1. The van der Waals surface area contributed by atoms with Crippen LogP contribution in [0.4, 0.5) is 0 Å². The van der Waals surface area contributed by atoms with Gasteiger partial charge in [0.15, 0.2) is 0 Å². The second kappa shape index (κ2) is 6.46. The fraction of sp³-hybridized carbons (Fsp3) is 0.600. The van der Waals surface area contributed by atoms with Gasteiger partial charge in [0.2, 0.25) is 0 Å². The molecule has 0 aromatic heterocycles. The van der Waals surface area contributed by atoms with Gasteiger partial charge in [-0.05, 0) is 30.9 Å². The predicted octanol–water partition coefficient (Wildman–Crippen LogP) is 4.11. The molecule has 0 unspecified atom stereocenters. The fourth-order valence-electron chi connectivity index (χ4n) is 2.64. The number of thioether (sulfide) groups is 1. The maximum absolute atomic E-state index is 10.4. The third-order valence-electron chi connectivity index (χ3n) is 3.68. The molecule has 1 aromatic carbocycles. The van der Waals surface area contributed by atoms with Crippen LogP contribution in [0.2, 0.25) is 0 Å². The summed E-state index contributed by atoms with van der Waals surface area (Å²) in [7, 11) is 0. The summed E-state index contributed by atoms with van der Waals surface area (Å²) in [6.45, 7) is 2.15. The molecule has 1 aliphatic carbocycles. The van der Waals surface area contributed by atoms with Crippen LogP contribution in [0, 0.1) is 5.92 Å². The van der Waals surface area contributed by atoms with Gasteiger partial charge in [-0.15, -0.1) is 11.8 Å². The molecular formula is C15H22OS. The van der Waals surface area contributed by atoms with Gasteiger partial charge in [0.1, 0.15) is 0 Å². The molecule has 2 rings (SSSR count). The van der Waals surface area contributed by atoms with E-state index in [0.717, 1.165) is 0 Å². The van der Waals surface area contributed by atoms with Crippen LogP contribution in [-0.2, 0) is 0 Å². The van der Waals surface area contributed by atoms with Gasteiger partial charge >= 0.3 is 0 Å². The largest absolute Gasteiger partial charge is 0.392 e. The maximum atomic E-state index is 10.4. The lowest BCUT2D eigenvalue weighted by atomic mass is 9.84. The molecular weight excluding hydrogens is 228 g/mol. The smallest absolute Gasteiger partial charge is 0.0687 e. The van der Waals surface area contributed by atoms with Gasteiger partial charge < -0.3 is 5.11 Å². The van der Waals surface area contributed by atoms with E-state index in [2.05, 4.69) is 31.2 Å². The van der Waals surface area contributed by atoms with E-state index in [1.165, 1.54) is 37.0 Å². The lowest BCUT2D eigenvalue weighted by molar-refractivity contribution is 0.0862. The van der Waals surface area contributed by atoms with Crippen LogP contribution in [0.25, 0.3) is 0 Å². The average Bonchev–Trinajstić information content (AvgIpc) is 2.40. The Balaban J connectivity index is 1.88. The molecule has 17 heavy (non-hydrogen) atoms. The summed E-state index contributed by atoms with van der Waals surface area (Å²) in [5, 5.41) is 10.7. The van der Waals surface area contributed by atoms with Crippen molar-refractivity contribution in [2.24, 2.45) is 5.92 Å². The molecule has 2 heteroatoms. The van der Waals surface area contributed by atoms with Gasteiger partial charge in [0.05, 0.1) is 6.10 Å². The zero-order valence-electron chi connectivity index (χ0n) is 10.5. The Kier molecular flexibility index (Phi) is 4.93. The highest BCUT2D eigenvalue weighted by Gasteiger charge is 2.26. The Morgan fingerprint density at radius 1 is 1.12 bits per heavy atom. The van der Waals surface area contributed by atoms with Crippen molar-refractivity contribution >= 4 is 11.8 Å². The van der Waals surface area contributed by atoms with Crippen molar-refractivity contribution in [2.75, 3.05) is 0 Å². The summed E-state index contributed by atoms with van der Waals surface area (Å²) < 4.78 is 0. The SMILES string of the molecule is C[C@H](Sc1ccccc1)[C@@H](O)C1CCCCC1. The first-order valence-corrected chi connectivity index (χ1v) is 7.55. The van der Waals surface area contributed by atoms with Crippen LogP contribution in [-0.4, -0.2) is 16.5 Å². The molecule has 0 spiro atoms. The quantitative estimate of drug-likeness (QED) is 0.812. The Morgan fingerprint density at radius 3 is 2.41 bits per heavy atom. The number of aliphatic hydroxyl groups is 1. The van der Waals surface area contributed by atoms with Crippen molar-refractivity contribution in [1.29, 1.82) is 0 Å². The van der Waals surface area contributed by atoms with E-state index in [1.807, 2.05) is 6.07 Å². The van der Waals surface area contributed by atoms with Crippen molar-refractivity contribution in [1.82, 2.24) is 0 Å². The van der Waals surface area contributed by atoms with Crippen molar-refractivity contribution in [3.05, 3.63) is 30.3 Å². The monoisotopic (exact) mass is 250 g/mol. The van der Waals surface area contributed by atoms with E-state index in [-0.39, 0.29) is 6.10 Å². The van der Waals surface area contributed by atoms with Crippen molar-refractivity contribution in [3.8, 4) is 0 Å². The lowest BCUT2D eigenvalue weighted by Crippen LogP contribution is -2.30. The van der Waals surface area contributed by atoms with E-state index in [4.69, 9.17) is 0 Å². The van der Waals surface area contributed by atoms with E-state index in [0.29, 0.717) is 11.2 Å². The highest BCUT2D eigenvalue weighted by Crippen LogP contribution is 2.33. The van der Waals surface area contributed by atoms with E-state index < -0.39 is 0 Å². The maximum Gasteiger partial charge on any atom is 0.0687 e. The number of rotatable bonds is 4. The molecule has 1 saturated carbocycles. The number of hydrogen-bond acceptors (Lipinski definition) is 2. The Morgan fingerprint density at radius 2 is 1.76 bits per heavy atom. The molecule has 1 nitrogen and oxygen atoms in total. The minimum absolute atomic E-state index is 0.152. The van der Waals surface area contributed by atoms with Crippen molar-refractivity contribution < 1.29 is 5.11 Å². The van der Waals surface area contributed by atoms with Crippen LogP contribution in [0.5, 0.6) is 0 Å². The Bertz CT molecular complexity index is 319. The fourth-order valence-corrected chi connectivity index (χ4v) is 3.75. The molecule has 0 amide bonds. The molecule has 0 aliphatic heterocycles. The zero-order chi connectivity index (χ0) is 12.1. The molecule has 1 aliphatic rings. The summed E-state index contributed by atoms with van der Waals surface area (Å²) in [6, 6.07) is 10.4. The summed E-state index contributed by atoms with van der Waals surface area (Å²) in [4.78, 5) is 1.26. The predicted molar refractivity (Wildman–Crippen MR) is 74.3 cm³/mol. The first kappa shape index (κ1) is 13.0. The summed E-state index contributed by atoms with van der Waals surface area (Å²) in [6.07, 6.45) is 6.21. The standard InChI is InChI=1S/C15H22OS/c1-12(17-14-10-6-3-7-11-14)15(16)13-8-4-2-5-9-13/h3,6-7,10-13,15-16H,2,4-5,8-9H2,1H3/t12-,15+/m0/s1. The third-order valence-corrected chi connectivity index (χ3v) is 4.87. The van der Waals surface area contributed by atoms with E-state index >= 15 is 0 Å². The Hall–Kier alpha value is -0.470. The van der Waals surface area contributed by atoms with Crippen LogP contribution in [0.3, 0.4) is 0 Å². The zero-order valence-corrected chi connectivity index (χ0v) is 11.3. The average molecular weight is 250 g/mol. The number of hydrogen-bond donors (Lipinski definition) is 1. The van der Waals surface area contributed by atoms with E-state index in [9.17, 15) is 5.11 Å². The first-order chi connectivity index (χ1) is 8.27. The number of benzene rings is 1. The van der Waals surface area contributed by atoms with Crippen LogP contribution in [0.1, 0.15) is 39.0 Å². The summed E-state index contributed by atoms with van der Waals surface area (Å²) >= 11 is 1.80. The van der Waals surface area contributed by atoms with Gasteiger partial charge in [-0.1, -0.05) is 44.4 Å². The second-order valence-electron chi connectivity index (χ2n) is 5.02. The second-order valence-corrected chi connectivity index (χ2v) is 6.48. The van der Waals surface area contributed by atoms with Gasteiger partial charge in [0.25, 0.3) is 0 Å². The molecule has 1 aromatic rings. The molecule has 0 radical (unpaired) electrons. The molecule has 94 valence electrons. The molecule has 0 saturated heterocycles.